The molecule has 3 heteroatoms. The van der Waals surface area contributed by atoms with E-state index in [9.17, 15) is 4.48 Å². The molecule has 0 fully saturated rings. The molecule has 1 N–H and O–H groups in total. The SMILES string of the molecule is CC(NF)c1ccncc1. The van der Waals surface area contributed by atoms with Crippen LogP contribution < -0.4 is 5.54 Å². The van der Waals surface area contributed by atoms with Crippen molar-refractivity contribution >= 4 is 0 Å². The number of aromatic nitrogens is 1. The van der Waals surface area contributed by atoms with E-state index in [0.29, 0.717) is 0 Å². The van der Waals surface area contributed by atoms with Crippen LogP contribution >= 0.6 is 0 Å². The van der Waals surface area contributed by atoms with E-state index in [1.54, 1.807) is 37.0 Å². The van der Waals surface area contributed by atoms with Gasteiger partial charge in [0, 0.05) is 12.4 Å². The first-order valence-corrected chi connectivity index (χ1v) is 3.10. The van der Waals surface area contributed by atoms with Gasteiger partial charge in [-0.25, -0.2) is 0 Å². The summed E-state index contributed by atoms with van der Waals surface area (Å²) in [6.45, 7) is 1.75. The molecule has 0 amide bonds. The fourth-order valence-electron chi connectivity index (χ4n) is 0.715. The molecule has 2 nitrogen and oxygen atoms in total. The molecular formula is C7H9FN2. The Morgan fingerprint density at radius 2 is 2.10 bits per heavy atom. The molecule has 1 atom stereocenters. The zero-order chi connectivity index (χ0) is 7.40. The molecule has 10 heavy (non-hydrogen) atoms. The van der Waals surface area contributed by atoms with Gasteiger partial charge in [0.1, 0.15) is 0 Å². The highest BCUT2D eigenvalue weighted by Gasteiger charge is 2.00. The lowest BCUT2D eigenvalue weighted by Crippen LogP contribution is -2.07. The summed E-state index contributed by atoms with van der Waals surface area (Å²) in [6.07, 6.45) is 3.28. The van der Waals surface area contributed by atoms with E-state index < -0.39 is 0 Å². The van der Waals surface area contributed by atoms with Gasteiger partial charge in [-0.05, 0) is 24.6 Å². The first kappa shape index (κ1) is 7.15. The van der Waals surface area contributed by atoms with Crippen LogP contribution in [0.4, 0.5) is 4.48 Å². The summed E-state index contributed by atoms with van der Waals surface area (Å²) in [7, 11) is 0. The van der Waals surface area contributed by atoms with Crippen molar-refractivity contribution in [1.29, 1.82) is 0 Å². The number of hydrogen-bond donors (Lipinski definition) is 1. The fourth-order valence-corrected chi connectivity index (χ4v) is 0.715. The Morgan fingerprint density at radius 1 is 1.50 bits per heavy atom. The van der Waals surface area contributed by atoms with Gasteiger partial charge in [-0.2, -0.15) is 5.54 Å². The lowest BCUT2D eigenvalue weighted by atomic mass is 10.1. The van der Waals surface area contributed by atoms with Crippen LogP contribution in [0.1, 0.15) is 18.5 Å². The molecule has 0 saturated carbocycles. The van der Waals surface area contributed by atoms with Crippen molar-refractivity contribution in [3.8, 4) is 0 Å². The maximum absolute atomic E-state index is 11.8. The van der Waals surface area contributed by atoms with E-state index in [0.717, 1.165) is 5.56 Å². The molecule has 0 aliphatic rings. The Labute approximate surface area is 59.0 Å². The van der Waals surface area contributed by atoms with Crippen LogP contribution in [0.25, 0.3) is 0 Å². The molecule has 0 bridgehead atoms. The molecule has 1 heterocycles. The third-order valence-electron chi connectivity index (χ3n) is 1.37. The molecule has 0 aliphatic heterocycles. The molecule has 1 aromatic rings. The predicted octanol–water partition coefficient (Wildman–Crippen LogP) is 1.62. The van der Waals surface area contributed by atoms with Crippen molar-refractivity contribution in [3.05, 3.63) is 30.1 Å². The summed E-state index contributed by atoms with van der Waals surface area (Å²) in [4.78, 5) is 3.81. The molecule has 0 aliphatic carbocycles. The van der Waals surface area contributed by atoms with Crippen molar-refractivity contribution in [2.45, 2.75) is 13.0 Å². The maximum Gasteiger partial charge on any atom is 0.0593 e. The van der Waals surface area contributed by atoms with Crippen LogP contribution in [-0.4, -0.2) is 4.98 Å². The Bertz CT molecular complexity index is 188. The van der Waals surface area contributed by atoms with Gasteiger partial charge < -0.3 is 0 Å². The monoisotopic (exact) mass is 140 g/mol. The minimum Gasteiger partial charge on any atom is -0.265 e. The third-order valence-corrected chi connectivity index (χ3v) is 1.37. The second-order valence-corrected chi connectivity index (χ2v) is 2.11. The molecular weight excluding hydrogens is 131 g/mol. The molecule has 1 rings (SSSR count). The van der Waals surface area contributed by atoms with Crippen LogP contribution in [0.5, 0.6) is 0 Å². The van der Waals surface area contributed by atoms with E-state index in [1.165, 1.54) is 0 Å². The van der Waals surface area contributed by atoms with Crippen LogP contribution in [0.3, 0.4) is 0 Å². The molecule has 0 aromatic carbocycles. The van der Waals surface area contributed by atoms with Crippen LogP contribution in [0.2, 0.25) is 0 Å². The highest BCUT2D eigenvalue weighted by molar-refractivity contribution is 5.13. The van der Waals surface area contributed by atoms with Crippen LogP contribution in [-0.2, 0) is 0 Å². The van der Waals surface area contributed by atoms with Crippen molar-refractivity contribution in [2.75, 3.05) is 0 Å². The zero-order valence-corrected chi connectivity index (χ0v) is 5.71. The van der Waals surface area contributed by atoms with Gasteiger partial charge in [-0.1, -0.05) is 0 Å². The minimum atomic E-state index is -0.247. The molecule has 54 valence electrons. The van der Waals surface area contributed by atoms with E-state index in [4.69, 9.17) is 0 Å². The number of rotatable bonds is 2. The summed E-state index contributed by atoms with van der Waals surface area (Å²) >= 11 is 0. The summed E-state index contributed by atoms with van der Waals surface area (Å²) in [5.41, 5.74) is 2.55. The average Bonchev–Trinajstić information content (AvgIpc) is 2.05. The second-order valence-electron chi connectivity index (χ2n) is 2.11. The van der Waals surface area contributed by atoms with Crippen LogP contribution in [0, 0.1) is 0 Å². The molecule has 0 spiro atoms. The van der Waals surface area contributed by atoms with E-state index in [2.05, 4.69) is 4.98 Å². The maximum atomic E-state index is 11.8. The molecule has 0 radical (unpaired) electrons. The standard InChI is InChI=1S/C7H9FN2/c1-6(10-8)7-2-4-9-5-3-7/h2-6,10H,1H3. The third kappa shape index (κ3) is 1.51. The summed E-state index contributed by atoms with van der Waals surface area (Å²) in [5.74, 6) is 0. The van der Waals surface area contributed by atoms with Crippen molar-refractivity contribution < 1.29 is 4.48 Å². The second kappa shape index (κ2) is 3.27. The highest BCUT2D eigenvalue weighted by atomic mass is 19.2. The number of nitrogens with one attached hydrogen (secondary N) is 1. The van der Waals surface area contributed by atoms with E-state index in [-0.39, 0.29) is 6.04 Å². The largest absolute Gasteiger partial charge is 0.265 e. The number of halogens is 1. The number of hydrogen-bond acceptors (Lipinski definition) is 2. The minimum absolute atomic E-state index is 0.247. The fraction of sp³-hybridized carbons (Fsp3) is 0.286. The average molecular weight is 140 g/mol. The normalized spacial score (nSPS) is 13.0. The Balaban J connectivity index is 2.75. The number of pyridine rings is 1. The van der Waals surface area contributed by atoms with E-state index >= 15 is 0 Å². The van der Waals surface area contributed by atoms with Gasteiger partial charge in [0.15, 0.2) is 0 Å². The predicted molar refractivity (Wildman–Crippen MR) is 36.9 cm³/mol. The molecule has 0 saturated heterocycles. The summed E-state index contributed by atoms with van der Waals surface area (Å²) in [6, 6.07) is 3.30. The van der Waals surface area contributed by atoms with Crippen molar-refractivity contribution in [2.24, 2.45) is 0 Å². The lowest BCUT2D eigenvalue weighted by molar-refractivity contribution is 0.285. The van der Waals surface area contributed by atoms with Crippen LogP contribution in [0.15, 0.2) is 24.5 Å². The summed E-state index contributed by atoms with van der Waals surface area (Å²) < 4.78 is 11.8. The van der Waals surface area contributed by atoms with Gasteiger partial charge in [-0.15, -0.1) is 4.48 Å². The lowest BCUT2D eigenvalue weighted by Gasteiger charge is -2.05. The molecule has 1 aromatic heterocycles. The quantitative estimate of drug-likeness (QED) is 0.631. The van der Waals surface area contributed by atoms with Gasteiger partial charge in [0.25, 0.3) is 0 Å². The smallest absolute Gasteiger partial charge is 0.0593 e. The van der Waals surface area contributed by atoms with Crippen molar-refractivity contribution in [3.63, 3.8) is 0 Å². The van der Waals surface area contributed by atoms with Gasteiger partial charge in [0.2, 0.25) is 0 Å². The van der Waals surface area contributed by atoms with E-state index in [1.807, 2.05) is 0 Å². The van der Waals surface area contributed by atoms with Gasteiger partial charge >= 0.3 is 0 Å². The summed E-state index contributed by atoms with van der Waals surface area (Å²) in [5, 5.41) is 0. The highest BCUT2D eigenvalue weighted by Crippen LogP contribution is 2.08. The first-order valence-electron chi connectivity index (χ1n) is 3.10. The van der Waals surface area contributed by atoms with Gasteiger partial charge in [0.05, 0.1) is 6.04 Å². The Kier molecular flexibility index (Phi) is 2.34. The molecule has 1 unspecified atom stereocenters. The number of nitrogens with zero attached hydrogens (tertiary/aromatic N) is 1. The Morgan fingerprint density at radius 3 is 2.60 bits per heavy atom. The Hall–Kier alpha value is -0.960. The first-order chi connectivity index (χ1) is 4.84. The van der Waals surface area contributed by atoms with Gasteiger partial charge in [-0.3, -0.25) is 4.98 Å². The topological polar surface area (TPSA) is 24.9 Å². The van der Waals surface area contributed by atoms with Crippen molar-refractivity contribution in [1.82, 2.24) is 10.5 Å². The zero-order valence-electron chi connectivity index (χ0n) is 5.71.